The molecule has 1 amide bonds. The first-order chi connectivity index (χ1) is 12.5. The number of hydrogen-bond donors (Lipinski definition) is 0. The number of likely N-dealkylation sites (tertiary alicyclic amines) is 1. The summed E-state index contributed by atoms with van der Waals surface area (Å²) in [6.45, 7) is 6.58. The van der Waals surface area contributed by atoms with Gasteiger partial charge in [0, 0.05) is 25.3 Å². The third kappa shape index (κ3) is 3.98. The van der Waals surface area contributed by atoms with Crippen molar-refractivity contribution in [3.8, 4) is 0 Å². The Morgan fingerprint density at radius 3 is 2.58 bits per heavy atom. The van der Waals surface area contributed by atoms with E-state index in [4.69, 9.17) is 0 Å². The van der Waals surface area contributed by atoms with Crippen LogP contribution in [-0.4, -0.2) is 46.1 Å². The lowest BCUT2D eigenvalue weighted by Gasteiger charge is -2.35. The molecule has 140 valence electrons. The maximum absolute atomic E-state index is 13.1. The van der Waals surface area contributed by atoms with E-state index in [1.54, 1.807) is 0 Å². The first-order valence-corrected chi connectivity index (χ1v) is 9.58. The third-order valence-electron chi connectivity index (χ3n) is 5.13. The van der Waals surface area contributed by atoms with Crippen LogP contribution in [0.25, 0.3) is 0 Å². The van der Waals surface area contributed by atoms with Crippen LogP contribution in [0.3, 0.4) is 0 Å². The fourth-order valence-corrected chi connectivity index (χ4v) is 3.81. The maximum atomic E-state index is 13.1. The SMILES string of the molecule is CCn1nc(C(=O)N2CCCCC2c2ccc(CN(C)C)cc2)cc1C. The van der Waals surface area contributed by atoms with Crippen molar-refractivity contribution in [2.75, 3.05) is 20.6 Å². The summed E-state index contributed by atoms with van der Waals surface area (Å²) >= 11 is 0. The minimum Gasteiger partial charge on any atom is -0.330 e. The second-order valence-corrected chi connectivity index (χ2v) is 7.48. The molecule has 0 aliphatic carbocycles. The molecule has 5 nitrogen and oxygen atoms in total. The second-order valence-electron chi connectivity index (χ2n) is 7.48. The summed E-state index contributed by atoms with van der Waals surface area (Å²) in [6, 6.07) is 10.8. The molecule has 5 heteroatoms. The van der Waals surface area contributed by atoms with Gasteiger partial charge in [-0.25, -0.2) is 0 Å². The molecule has 1 aromatic heterocycles. The van der Waals surface area contributed by atoms with Gasteiger partial charge in [0.25, 0.3) is 5.91 Å². The van der Waals surface area contributed by atoms with E-state index >= 15 is 0 Å². The van der Waals surface area contributed by atoms with Gasteiger partial charge in [-0.2, -0.15) is 5.10 Å². The summed E-state index contributed by atoms with van der Waals surface area (Å²) < 4.78 is 1.89. The highest BCUT2D eigenvalue weighted by atomic mass is 16.2. The van der Waals surface area contributed by atoms with Crippen LogP contribution in [0.15, 0.2) is 30.3 Å². The highest BCUT2D eigenvalue weighted by molar-refractivity contribution is 5.92. The monoisotopic (exact) mass is 354 g/mol. The van der Waals surface area contributed by atoms with E-state index in [2.05, 4.69) is 48.4 Å². The number of benzene rings is 1. The van der Waals surface area contributed by atoms with Gasteiger partial charge in [0.05, 0.1) is 6.04 Å². The second kappa shape index (κ2) is 8.04. The van der Waals surface area contributed by atoms with Crippen molar-refractivity contribution in [1.29, 1.82) is 0 Å². The molecule has 0 radical (unpaired) electrons. The quantitative estimate of drug-likeness (QED) is 0.823. The van der Waals surface area contributed by atoms with E-state index in [9.17, 15) is 4.79 Å². The predicted molar refractivity (Wildman–Crippen MR) is 104 cm³/mol. The number of carbonyl (C=O) groups excluding carboxylic acids is 1. The molecule has 2 aromatic rings. The Labute approximate surface area is 156 Å². The molecule has 1 fully saturated rings. The summed E-state index contributed by atoms with van der Waals surface area (Å²) in [4.78, 5) is 17.3. The van der Waals surface area contributed by atoms with Crippen LogP contribution in [0.4, 0.5) is 0 Å². The third-order valence-corrected chi connectivity index (χ3v) is 5.13. The van der Waals surface area contributed by atoms with E-state index in [1.165, 1.54) is 11.1 Å². The molecule has 26 heavy (non-hydrogen) atoms. The standard InChI is InChI=1S/C21H30N4O/c1-5-25-16(2)14-19(22-25)21(26)24-13-7-6-8-20(24)18-11-9-17(10-12-18)15-23(3)4/h9-12,14,20H,5-8,13,15H2,1-4H3. The molecular formula is C21H30N4O. The Morgan fingerprint density at radius 2 is 1.96 bits per heavy atom. The first kappa shape index (κ1) is 18.6. The van der Waals surface area contributed by atoms with E-state index in [0.717, 1.165) is 44.6 Å². The van der Waals surface area contributed by atoms with Crippen LogP contribution in [0.2, 0.25) is 0 Å². The van der Waals surface area contributed by atoms with Crippen LogP contribution >= 0.6 is 0 Å². The Bertz CT molecular complexity index is 748. The van der Waals surface area contributed by atoms with Crippen molar-refractivity contribution in [1.82, 2.24) is 19.6 Å². The lowest BCUT2D eigenvalue weighted by atomic mass is 9.94. The number of aryl methyl sites for hydroxylation is 2. The highest BCUT2D eigenvalue weighted by Gasteiger charge is 2.30. The number of nitrogens with zero attached hydrogens (tertiary/aromatic N) is 4. The highest BCUT2D eigenvalue weighted by Crippen LogP contribution is 2.32. The van der Waals surface area contributed by atoms with Gasteiger partial charge in [0.15, 0.2) is 5.69 Å². The van der Waals surface area contributed by atoms with E-state index < -0.39 is 0 Å². The molecule has 1 unspecified atom stereocenters. The molecular weight excluding hydrogens is 324 g/mol. The van der Waals surface area contributed by atoms with Crippen molar-refractivity contribution in [3.05, 3.63) is 52.8 Å². The number of piperidine rings is 1. The molecule has 2 heterocycles. The number of hydrogen-bond acceptors (Lipinski definition) is 3. The Morgan fingerprint density at radius 1 is 1.23 bits per heavy atom. The van der Waals surface area contributed by atoms with Gasteiger partial charge in [-0.15, -0.1) is 0 Å². The Balaban J connectivity index is 1.82. The topological polar surface area (TPSA) is 41.4 Å². The predicted octanol–water partition coefficient (Wildman–Crippen LogP) is 3.64. The summed E-state index contributed by atoms with van der Waals surface area (Å²) in [5, 5.41) is 4.50. The minimum atomic E-state index is 0.0577. The lowest BCUT2D eigenvalue weighted by molar-refractivity contribution is 0.0604. The molecule has 1 atom stereocenters. The molecule has 1 aromatic carbocycles. The van der Waals surface area contributed by atoms with Crippen LogP contribution in [0.5, 0.6) is 0 Å². The molecule has 0 saturated carbocycles. The van der Waals surface area contributed by atoms with Crippen molar-refractivity contribution < 1.29 is 4.79 Å². The Hall–Kier alpha value is -2.14. The van der Waals surface area contributed by atoms with Gasteiger partial charge in [0.2, 0.25) is 0 Å². The van der Waals surface area contributed by atoms with Crippen LogP contribution < -0.4 is 0 Å². The normalized spacial score (nSPS) is 17.7. The number of carbonyl (C=O) groups is 1. The average molecular weight is 354 g/mol. The summed E-state index contributed by atoms with van der Waals surface area (Å²) in [6.07, 6.45) is 3.25. The zero-order chi connectivity index (χ0) is 18.7. The fraction of sp³-hybridized carbons (Fsp3) is 0.524. The smallest absolute Gasteiger partial charge is 0.274 e. The Kier molecular flexibility index (Phi) is 5.77. The van der Waals surface area contributed by atoms with Crippen LogP contribution in [0, 0.1) is 6.92 Å². The maximum Gasteiger partial charge on any atom is 0.274 e. The van der Waals surface area contributed by atoms with Crippen molar-refractivity contribution in [2.24, 2.45) is 0 Å². The molecule has 3 rings (SSSR count). The summed E-state index contributed by atoms with van der Waals surface area (Å²) in [5.41, 5.74) is 4.13. The van der Waals surface area contributed by atoms with Crippen molar-refractivity contribution in [3.63, 3.8) is 0 Å². The minimum absolute atomic E-state index is 0.0577. The molecule has 0 bridgehead atoms. The van der Waals surface area contributed by atoms with E-state index in [0.29, 0.717) is 5.69 Å². The number of aromatic nitrogens is 2. The molecule has 1 aliphatic rings. The van der Waals surface area contributed by atoms with Gasteiger partial charge in [-0.05, 0) is 64.4 Å². The fourth-order valence-electron chi connectivity index (χ4n) is 3.81. The van der Waals surface area contributed by atoms with Crippen LogP contribution in [0.1, 0.15) is 59.5 Å². The summed E-state index contributed by atoms with van der Waals surface area (Å²) in [5.74, 6) is 0.0577. The zero-order valence-corrected chi connectivity index (χ0v) is 16.4. The lowest BCUT2D eigenvalue weighted by Crippen LogP contribution is -2.38. The summed E-state index contributed by atoms with van der Waals surface area (Å²) in [7, 11) is 4.15. The average Bonchev–Trinajstić information content (AvgIpc) is 3.02. The van der Waals surface area contributed by atoms with Gasteiger partial charge in [-0.3, -0.25) is 9.48 Å². The molecule has 0 N–H and O–H groups in total. The molecule has 0 spiro atoms. The van der Waals surface area contributed by atoms with E-state index in [1.807, 2.05) is 29.5 Å². The number of amides is 1. The van der Waals surface area contributed by atoms with Gasteiger partial charge >= 0.3 is 0 Å². The van der Waals surface area contributed by atoms with E-state index in [-0.39, 0.29) is 11.9 Å². The van der Waals surface area contributed by atoms with Gasteiger partial charge in [0.1, 0.15) is 0 Å². The molecule has 1 saturated heterocycles. The molecule has 1 aliphatic heterocycles. The first-order valence-electron chi connectivity index (χ1n) is 9.58. The zero-order valence-electron chi connectivity index (χ0n) is 16.4. The number of rotatable bonds is 5. The van der Waals surface area contributed by atoms with Crippen molar-refractivity contribution in [2.45, 2.75) is 52.2 Å². The van der Waals surface area contributed by atoms with Crippen molar-refractivity contribution >= 4 is 5.91 Å². The van der Waals surface area contributed by atoms with Crippen LogP contribution in [-0.2, 0) is 13.1 Å². The van der Waals surface area contributed by atoms with Gasteiger partial charge in [-0.1, -0.05) is 24.3 Å². The largest absolute Gasteiger partial charge is 0.330 e. The van der Waals surface area contributed by atoms with Gasteiger partial charge < -0.3 is 9.80 Å².